The number of nitrogens with zero attached hydrogens (tertiary/aromatic N) is 1. The van der Waals surface area contributed by atoms with Crippen LogP contribution < -0.4 is 0 Å². The summed E-state index contributed by atoms with van der Waals surface area (Å²) < 4.78 is 12.9. The molecule has 0 spiro atoms. The number of benzene rings is 1. The molecule has 0 unspecified atom stereocenters. The van der Waals surface area contributed by atoms with Crippen molar-refractivity contribution in [3.05, 3.63) is 35.6 Å². The fourth-order valence-electron chi connectivity index (χ4n) is 2.76. The second-order valence-electron chi connectivity index (χ2n) is 5.95. The molecule has 94 valence electrons. The smallest absolute Gasteiger partial charge is 0.123 e. The summed E-state index contributed by atoms with van der Waals surface area (Å²) in [6, 6.07) is 8.19. The van der Waals surface area contributed by atoms with Crippen molar-refractivity contribution in [1.82, 2.24) is 4.90 Å². The number of rotatable bonds is 4. The highest BCUT2D eigenvalue weighted by molar-refractivity contribution is 6.77. The van der Waals surface area contributed by atoms with Crippen LogP contribution in [0.1, 0.15) is 18.4 Å². The minimum atomic E-state index is -1.22. The number of hydrogen-bond donors (Lipinski definition) is 0. The van der Waals surface area contributed by atoms with Gasteiger partial charge in [0.25, 0.3) is 0 Å². The zero-order chi connectivity index (χ0) is 12.3. The highest BCUT2D eigenvalue weighted by Crippen LogP contribution is 2.17. The molecule has 1 heterocycles. The van der Waals surface area contributed by atoms with Gasteiger partial charge in [0.05, 0.1) is 8.07 Å². The van der Waals surface area contributed by atoms with E-state index in [4.69, 9.17) is 0 Å². The van der Waals surface area contributed by atoms with Gasteiger partial charge >= 0.3 is 0 Å². The normalized spacial score (nSPS) is 17.6. The summed E-state index contributed by atoms with van der Waals surface area (Å²) in [5, 5.41) is 0. The van der Waals surface area contributed by atoms with Crippen LogP contribution in [0.2, 0.25) is 13.1 Å². The van der Waals surface area contributed by atoms with E-state index in [1.165, 1.54) is 37.7 Å². The van der Waals surface area contributed by atoms with Gasteiger partial charge in [0.15, 0.2) is 0 Å². The molecule has 1 fully saturated rings. The molecule has 1 nitrogen and oxygen atoms in total. The van der Waals surface area contributed by atoms with Gasteiger partial charge in [-0.05, 0) is 50.3 Å². The van der Waals surface area contributed by atoms with Crippen LogP contribution in [0.15, 0.2) is 24.3 Å². The SMILES string of the molecule is C[Si](C)(Cc1ccc(F)cc1)CN1CCCC1. The van der Waals surface area contributed by atoms with E-state index < -0.39 is 8.07 Å². The molecule has 0 N–H and O–H groups in total. The Morgan fingerprint density at radius 1 is 1.12 bits per heavy atom. The predicted molar refractivity (Wildman–Crippen MR) is 73.3 cm³/mol. The van der Waals surface area contributed by atoms with Crippen LogP contribution in [0.4, 0.5) is 4.39 Å². The molecular formula is C14H22FNSi. The van der Waals surface area contributed by atoms with Gasteiger partial charge in [-0.2, -0.15) is 0 Å². The van der Waals surface area contributed by atoms with Crippen LogP contribution in [0.25, 0.3) is 0 Å². The molecule has 1 aliphatic heterocycles. The molecular weight excluding hydrogens is 229 g/mol. The Labute approximate surface area is 105 Å². The van der Waals surface area contributed by atoms with Gasteiger partial charge in [-0.1, -0.05) is 30.8 Å². The lowest BCUT2D eigenvalue weighted by Gasteiger charge is -2.28. The molecule has 3 heteroatoms. The summed E-state index contributed by atoms with van der Waals surface area (Å²) in [5.74, 6) is -0.132. The third-order valence-corrected chi connectivity index (χ3v) is 6.11. The molecule has 1 saturated heterocycles. The molecule has 0 amide bonds. The van der Waals surface area contributed by atoms with E-state index in [2.05, 4.69) is 18.0 Å². The lowest BCUT2D eigenvalue weighted by molar-refractivity contribution is 0.388. The lowest BCUT2D eigenvalue weighted by atomic mass is 10.2. The van der Waals surface area contributed by atoms with E-state index in [9.17, 15) is 4.39 Å². The van der Waals surface area contributed by atoms with Crippen LogP contribution in [0, 0.1) is 5.82 Å². The molecule has 1 aromatic carbocycles. The molecule has 2 rings (SSSR count). The number of halogens is 1. The van der Waals surface area contributed by atoms with E-state index >= 15 is 0 Å². The first-order valence-corrected chi connectivity index (χ1v) is 9.93. The highest BCUT2D eigenvalue weighted by Gasteiger charge is 2.25. The Kier molecular flexibility index (Phi) is 3.99. The second kappa shape index (κ2) is 5.32. The van der Waals surface area contributed by atoms with Gasteiger partial charge in [-0.25, -0.2) is 4.39 Å². The van der Waals surface area contributed by atoms with Gasteiger partial charge in [-0.15, -0.1) is 0 Å². The predicted octanol–water partition coefficient (Wildman–Crippen LogP) is 3.25. The Morgan fingerprint density at radius 2 is 1.71 bits per heavy atom. The van der Waals surface area contributed by atoms with Crippen molar-refractivity contribution < 1.29 is 4.39 Å². The zero-order valence-corrected chi connectivity index (χ0v) is 11.9. The largest absolute Gasteiger partial charge is 0.306 e. The molecule has 0 radical (unpaired) electrons. The molecule has 17 heavy (non-hydrogen) atoms. The van der Waals surface area contributed by atoms with Crippen LogP contribution in [0.5, 0.6) is 0 Å². The summed E-state index contributed by atoms with van der Waals surface area (Å²) in [6.45, 7) is 7.43. The maximum atomic E-state index is 12.9. The first-order valence-electron chi connectivity index (χ1n) is 6.52. The molecule has 1 aliphatic rings. The quantitative estimate of drug-likeness (QED) is 0.743. The molecule has 0 bridgehead atoms. The molecule has 0 atom stereocenters. The number of likely N-dealkylation sites (tertiary alicyclic amines) is 1. The van der Waals surface area contributed by atoms with Gasteiger partial charge in [0.1, 0.15) is 5.82 Å². The average Bonchev–Trinajstić information content (AvgIpc) is 2.73. The van der Waals surface area contributed by atoms with Crippen molar-refractivity contribution >= 4 is 8.07 Å². The van der Waals surface area contributed by atoms with Crippen molar-refractivity contribution in [3.63, 3.8) is 0 Å². The fourth-order valence-corrected chi connectivity index (χ4v) is 5.74. The van der Waals surface area contributed by atoms with Gasteiger partial charge in [0.2, 0.25) is 0 Å². The van der Waals surface area contributed by atoms with Crippen LogP contribution in [-0.4, -0.2) is 32.2 Å². The standard InChI is InChI=1S/C14H22FNSi/c1-17(2,12-16-9-3-4-10-16)11-13-5-7-14(15)8-6-13/h5-8H,3-4,9-12H2,1-2H3. The van der Waals surface area contributed by atoms with Gasteiger partial charge in [0, 0.05) is 0 Å². The lowest BCUT2D eigenvalue weighted by Crippen LogP contribution is -2.43. The van der Waals surface area contributed by atoms with Crippen molar-refractivity contribution in [2.24, 2.45) is 0 Å². The Bertz CT molecular complexity index is 355. The first kappa shape index (κ1) is 12.8. The Balaban J connectivity index is 1.93. The van der Waals surface area contributed by atoms with Gasteiger partial charge < -0.3 is 4.90 Å². The fraction of sp³-hybridized carbons (Fsp3) is 0.571. The van der Waals surface area contributed by atoms with Crippen molar-refractivity contribution in [2.75, 3.05) is 19.3 Å². The molecule has 0 aromatic heterocycles. The van der Waals surface area contributed by atoms with E-state index in [1.807, 2.05) is 12.1 Å². The zero-order valence-electron chi connectivity index (χ0n) is 10.9. The van der Waals surface area contributed by atoms with Gasteiger partial charge in [-0.3, -0.25) is 0 Å². The summed E-state index contributed by atoms with van der Waals surface area (Å²) in [4.78, 5) is 2.61. The Hall–Kier alpha value is -0.673. The van der Waals surface area contributed by atoms with E-state index in [0.29, 0.717) is 0 Å². The second-order valence-corrected chi connectivity index (χ2v) is 10.9. The highest BCUT2D eigenvalue weighted by atomic mass is 28.3. The first-order chi connectivity index (χ1) is 8.05. The van der Waals surface area contributed by atoms with E-state index in [-0.39, 0.29) is 5.82 Å². The monoisotopic (exact) mass is 251 g/mol. The number of hydrogen-bond acceptors (Lipinski definition) is 1. The molecule has 1 aromatic rings. The summed E-state index contributed by atoms with van der Waals surface area (Å²) in [7, 11) is -1.22. The maximum absolute atomic E-state index is 12.9. The van der Waals surface area contributed by atoms with E-state index in [1.54, 1.807) is 12.1 Å². The minimum Gasteiger partial charge on any atom is -0.306 e. The van der Waals surface area contributed by atoms with Crippen LogP contribution >= 0.6 is 0 Å². The maximum Gasteiger partial charge on any atom is 0.123 e. The summed E-state index contributed by atoms with van der Waals surface area (Å²) in [5.41, 5.74) is 1.29. The van der Waals surface area contributed by atoms with Crippen molar-refractivity contribution in [3.8, 4) is 0 Å². The minimum absolute atomic E-state index is 0.132. The van der Waals surface area contributed by atoms with Crippen LogP contribution in [-0.2, 0) is 6.04 Å². The average molecular weight is 251 g/mol. The van der Waals surface area contributed by atoms with Crippen LogP contribution in [0.3, 0.4) is 0 Å². The van der Waals surface area contributed by atoms with E-state index in [0.717, 1.165) is 6.04 Å². The summed E-state index contributed by atoms with van der Waals surface area (Å²) in [6.07, 6.45) is 4.01. The summed E-state index contributed by atoms with van der Waals surface area (Å²) >= 11 is 0. The topological polar surface area (TPSA) is 3.24 Å². The molecule has 0 saturated carbocycles. The third kappa shape index (κ3) is 3.93. The third-order valence-electron chi connectivity index (χ3n) is 3.45. The Morgan fingerprint density at radius 3 is 2.29 bits per heavy atom. The van der Waals surface area contributed by atoms with Crippen molar-refractivity contribution in [2.45, 2.75) is 32.0 Å². The van der Waals surface area contributed by atoms with Crippen molar-refractivity contribution in [1.29, 1.82) is 0 Å². The molecule has 0 aliphatic carbocycles.